The molecule has 2 aliphatic heterocycles. The van der Waals surface area contributed by atoms with Gasteiger partial charge in [0, 0.05) is 55.5 Å². The number of hydrogen-bond acceptors (Lipinski definition) is 5. The van der Waals surface area contributed by atoms with Crippen molar-refractivity contribution in [3.8, 4) is 0 Å². The molecule has 3 amide bonds. The van der Waals surface area contributed by atoms with Gasteiger partial charge in [-0.05, 0) is 42.3 Å². The van der Waals surface area contributed by atoms with E-state index in [-0.39, 0.29) is 17.9 Å². The summed E-state index contributed by atoms with van der Waals surface area (Å²) in [6.07, 6.45) is 0. The minimum atomic E-state index is -0.617. The fourth-order valence-electron chi connectivity index (χ4n) is 4.44. The minimum absolute atomic E-state index is 0.0671. The number of benzene rings is 2. The molecule has 0 saturated carbocycles. The molecule has 9 heteroatoms. The van der Waals surface area contributed by atoms with Crippen molar-refractivity contribution in [3.05, 3.63) is 64.2 Å². The van der Waals surface area contributed by atoms with Gasteiger partial charge >= 0.3 is 12.0 Å². The van der Waals surface area contributed by atoms with Crippen molar-refractivity contribution < 1.29 is 19.1 Å². The van der Waals surface area contributed by atoms with Crippen molar-refractivity contribution in [3.63, 3.8) is 0 Å². The molecule has 2 aromatic rings. The van der Waals surface area contributed by atoms with Crippen molar-refractivity contribution >= 4 is 35.2 Å². The van der Waals surface area contributed by atoms with Gasteiger partial charge in [0.05, 0.1) is 7.11 Å². The van der Waals surface area contributed by atoms with E-state index in [1.165, 1.54) is 7.11 Å². The number of anilines is 1. The topological polar surface area (TPSA) is 82.2 Å². The second kappa shape index (κ2) is 9.80. The molecule has 0 aromatic heterocycles. The van der Waals surface area contributed by atoms with Crippen molar-refractivity contribution in [2.75, 3.05) is 51.3 Å². The van der Waals surface area contributed by atoms with Crippen molar-refractivity contribution in [2.45, 2.75) is 13.0 Å². The molecule has 0 bridgehead atoms. The van der Waals surface area contributed by atoms with E-state index in [1.807, 2.05) is 42.2 Å². The molecule has 2 saturated heterocycles. The molecule has 33 heavy (non-hydrogen) atoms. The van der Waals surface area contributed by atoms with Gasteiger partial charge in [-0.1, -0.05) is 29.8 Å². The molecule has 2 aliphatic rings. The van der Waals surface area contributed by atoms with Crippen LogP contribution < -0.4 is 10.2 Å². The summed E-state index contributed by atoms with van der Waals surface area (Å²) in [4.78, 5) is 43.1. The Balaban J connectivity index is 1.45. The van der Waals surface area contributed by atoms with Gasteiger partial charge in [-0.25, -0.2) is 9.59 Å². The van der Waals surface area contributed by atoms with Crippen LogP contribution in [-0.4, -0.2) is 74.1 Å². The summed E-state index contributed by atoms with van der Waals surface area (Å²) in [7, 11) is 1.36. The maximum atomic E-state index is 13.1. The van der Waals surface area contributed by atoms with Crippen LogP contribution in [0.5, 0.6) is 0 Å². The third kappa shape index (κ3) is 4.67. The molecule has 4 rings (SSSR count). The van der Waals surface area contributed by atoms with Gasteiger partial charge in [0.15, 0.2) is 0 Å². The molecule has 174 valence electrons. The molecule has 1 unspecified atom stereocenters. The van der Waals surface area contributed by atoms with Crippen molar-refractivity contribution in [1.29, 1.82) is 0 Å². The molecule has 0 radical (unpaired) electrons. The fourth-order valence-corrected chi connectivity index (χ4v) is 4.68. The Labute approximate surface area is 198 Å². The zero-order valence-electron chi connectivity index (χ0n) is 18.7. The van der Waals surface area contributed by atoms with Gasteiger partial charge in [-0.3, -0.25) is 14.6 Å². The average molecular weight is 471 g/mol. The number of esters is 1. The van der Waals surface area contributed by atoms with Crippen molar-refractivity contribution in [1.82, 2.24) is 15.1 Å². The van der Waals surface area contributed by atoms with E-state index in [4.69, 9.17) is 16.3 Å². The highest BCUT2D eigenvalue weighted by molar-refractivity contribution is 6.31. The number of hydrogen-bond donors (Lipinski definition) is 1. The Morgan fingerprint density at radius 1 is 1.06 bits per heavy atom. The van der Waals surface area contributed by atoms with E-state index < -0.39 is 6.04 Å². The predicted molar refractivity (Wildman–Crippen MR) is 126 cm³/mol. The van der Waals surface area contributed by atoms with Crippen LogP contribution in [0.3, 0.4) is 0 Å². The second-order valence-electron chi connectivity index (χ2n) is 8.16. The van der Waals surface area contributed by atoms with E-state index in [0.29, 0.717) is 55.4 Å². The van der Waals surface area contributed by atoms with Crippen molar-refractivity contribution in [2.24, 2.45) is 0 Å². The van der Waals surface area contributed by atoms with Gasteiger partial charge in [0.25, 0.3) is 5.91 Å². The Hall–Kier alpha value is -3.10. The highest BCUT2D eigenvalue weighted by Crippen LogP contribution is 2.30. The van der Waals surface area contributed by atoms with Gasteiger partial charge in [0.1, 0.15) is 6.04 Å². The standard InChI is InChI=1S/C24H27ClN4O4/c1-16-15-17(7-8-20(16)29-10-9-26-24(29)32)22(30)28-13-11-27(12-14-28)21(23(31)33-2)18-5-3-4-6-19(18)25/h3-8,15,21H,9-14H2,1-2H3,(H,26,32). The van der Waals surface area contributed by atoms with Crippen LogP contribution in [0.4, 0.5) is 10.5 Å². The van der Waals surface area contributed by atoms with Crippen LogP contribution in [0.2, 0.25) is 5.02 Å². The molecule has 8 nitrogen and oxygen atoms in total. The fraction of sp³-hybridized carbons (Fsp3) is 0.375. The highest BCUT2D eigenvalue weighted by atomic mass is 35.5. The van der Waals surface area contributed by atoms with Crippen LogP contribution >= 0.6 is 11.6 Å². The summed E-state index contributed by atoms with van der Waals surface area (Å²) >= 11 is 6.35. The predicted octanol–water partition coefficient (Wildman–Crippen LogP) is 2.85. The molecular formula is C24H27ClN4O4. The molecule has 0 spiro atoms. The number of rotatable bonds is 5. The summed E-state index contributed by atoms with van der Waals surface area (Å²) in [6.45, 7) is 5.12. The largest absolute Gasteiger partial charge is 0.468 e. The minimum Gasteiger partial charge on any atom is -0.468 e. The molecular weight excluding hydrogens is 444 g/mol. The SMILES string of the molecule is COC(=O)C(c1ccccc1Cl)N1CCN(C(=O)c2ccc(N3CCNC3=O)c(C)c2)CC1. The Morgan fingerprint density at radius 3 is 2.39 bits per heavy atom. The molecule has 2 fully saturated rings. The van der Waals surface area contributed by atoms with Crippen LogP contribution in [0.15, 0.2) is 42.5 Å². The number of piperazine rings is 1. The monoisotopic (exact) mass is 470 g/mol. The van der Waals surface area contributed by atoms with E-state index in [9.17, 15) is 14.4 Å². The van der Waals surface area contributed by atoms with Crippen LogP contribution in [0.25, 0.3) is 0 Å². The maximum absolute atomic E-state index is 13.1. The van der Waals surface area contributed by atoms with Gasteiger partial charge in [0.2, 0.25) is 0 Å². The maximum Gasteiger partial charge on any atom is 0.327 e. The first-order chi connectivity index (χ1) is 15.9. The summed E-state index contributed by atoms with van der Waals surface area (Å²) in [5.74, 6) is -0.442. The third-order valence-corrected chi connectivity index (χ3v) is 6.53. The zero-order chi connectivity index (χ0) is 23.5. The Bertz CT molecular complexity index is 1070. The molecule has 1 N–H and O–H groups in total. The van der Waals surface area contributed by atoms with E-state index in [1.54, 1.807) is 21.9 Å². The smallest absolute Gasteiger partial charge is 0.327 e. The number of carbonyl (C=O) groups excluding carboxylic acids is 3. The normalized spacial score (nSPS) is 17.6. The molecule has 1 atom stereocenters. The quantitative estimate of drug-likeness (QED) is 0.679. The zero-order valence-corrected chi connectivity index (χ0v) is 19.5. The summed E-state index contributed by atoms with van der Waals surface area (Å²) in [5.41, 5.74) is 2.97. The lowest BCUT2D eigenvalue weighted by Crippen LogP contribution is -2.51. The number of ether oxygens (including phenoxy) is 1. The van der Waals surface area contributed by atoms with Crippen LogP contribution in [0, 0.1) is 6.92 Å². The first-order valence-corrected chi connectivity index (χ1v) is 11.3. The van der Waals surface area contributed by atoms with Gasteiger partial charge in [-0.15, -0.1) is 0 Å². The summed E-state index contributed by atoms with van der Waals surface area (Å²) < 4.78 is 5.04. The number of urea groups is 1. The Morgan fingerprint density at radius 2 is 1.79 bits per heavy atom. The lowest BCUT2D eigenvalue weighted by atomic mass is 10.0. The highest BCUT2D eigenvalue weighted by Gasteiger charge is 2.34. The van der Waals surface area contributed by atoms with Crippen LogP contribution in [0.1, 0.15) is 27.5 Å². The van der Waals surface area contributed by atoms with E-state index in [0.717, 1.165) is 11.3 Å². The Kier molecular flexibility index (Phi) is 6.85. The second-order valence-corrected chi connectivity index (χ2v) is 8.57. The molecule has 0 aliphatic carbocycles. The molecule has 2 aromatic carbocycles. The third-order valence-electron chi connectivity index (χ3n) is 6.18. The molecule has 2 heterocycles. The first-order valence-electron chi connectivity index (χ1n) is 10.9. The van der Waals surface area contributed by atoms with Crippen LogP contribution in [-0.2, 0) is 9.53 Å². The number of nitrogens with one attached hydrogen (secondary N) is 1. The number of amides is 3. The first kappa shape index (κ1) is 23.1. The number of carbonyl (C=O) groups is 3. The number of aryl methyl sites for hydroxylation is 1. The van der Waals surface area contributed by atoms with Gasteiger partial charge < -0.3 is 15.0 Å². The van der Waals surface area contributed by atoms with E-state index in [2.05, 4.69) is 5.32 Å². The lowest BCUT2D eigenvalue weighted by Gasteiger charge is -2.38. The average Bonchev–Trinajstić information content (AvgIpc) is 3.25. The number of nitrogens with zero attached hydrogens (tertiary/aromatic N) is 3. The lowest BCUT2D eigenvalue weighted by molar-refractivity contribution is -0.148. The number of halogens is 1. The summed E-state index contributed by atoms with van der Waals surface area (Å²) in [5, 5.41) is 3.30. The van der Waals surface area contributed by atoms with E-state index >= 15 is 0 Å². The van der Waals surface area contributed by atoms with Gasteiger partial charge in [-0.2, -0.15) is 0 Å². The number of methoxy groups -OCH3 is 1. The summed E-state index contributed by atoms with van der Waals surface area (Å²) in [6, 6.07) is 11.9.